The van der Waals surface area contributed by atoms with E-state index in [1.165, 1.54) is 161 Å². The monoisotopic (exact) mass is 1090 g/mol. The molecule has 1 amide bonds. The van der Waals surface area contributed by atoms with E-state index in [1.54, 1.807) is 6.08 Å². The molecular weight excluding hydrogens is 967 g/mol. The number of ether oxygens (including phenoxy) is 3. The normalized spacial score (nSPS) is 19.4. The minimum atomic E-state index is -1.63. The van der Waals surface area contributed by atoms with E-state index in [4.69, 9.17) is 14.2 Å². The summed E-state index contributed by atoms with van der Waals surface area (Å²) in [7, 11) is 0. The molecule has 8 unspecified atom stereocenters. The van der Waals surface area contributed by atoms with Crippen LogP contribution >= 0.6 is 0 Å². The van der Waals surface area contributed by atoms with E-state index in [0.29, 0.717) is 19.3 Å². The molecule has 0 aliphatic carbocycles. The van der Waals surface area contributed by atoms with Crippen LogP contribution in [-0.2, 0) is 23.8 Å². The van der Waals surface area contributed by atoms with Crippen molar-refractivity contribution in [1.29, 1.82) is 0 Å². The second-order valence-corrected chi connectivity index (χ2v) is 22.1. The average Bonchev–Trinajstić information content (AvgIpc) is 3.43. The van der Waals surface area contributed by atoms with Crippen LogP contribution in [0.15, 0.2) is 60.8 Å². The van der Waals surface area contributed by atoms with E-state index < -0.39 is 67.4 Å². The third-order valence-electron chi connectivity index (χ3n) is 14.9. The Balaban J connectivity index is 2.66. The van der Waals surface area contributed by atoms with Crippen LogP contribution in [0.2, 0.25) is 0 Å². The number of allylic oxidation sites excluding steroid dienone is 9. The SMILES string of the molecule is CCCCC/C=C\C/C=C\C/C=C\C/C=C\CCCCCC(=O)OC1C(OCC(NC(=O)C(O)CCCCCCCCCCCCCCCCCCCC)C(O)/C=C/CCCCCCCCCCC)OC(CO)C(O)C1O. The van der Waals surface area contributed by atoms with Gasteiger partial charge in [-0.1, -0.05) is 268 Å². The van der Waals surface area contributed by atoms with E-state index in [9.17, 15) is 35.1 Å². The molecule has 0 aromatic heterocycles. The first-order chi connectivity index (χ1) is 37.7. The fourth-order valence-electron chi connectivity index (χ4n) is 9.81. The molecule has 0 radical (unpaired) electrons. The molecule has 11 nitrogen and oxygen atoms in total. The van der Waals surface area contributed by atoms with Gasteiger partial charge >= 0.3 is 5.97 Å². The van der Waals surface area contributed by atoms with Crippen molar-refractivity contribution in [2.45, 2.75) is 333 Å². The maximum Gasteiger partial charge on any atom is 0.306 e. The van der Waals surface area contributed by atoms with E-state index in [1.807, 2.05) is 6.08 Å². The van der Waals surface area contributed by atoms with Gasteiger partial charge in [-0.25, -0.2) is 0 Å². The minimum absolute atomic E-state index is 0.0859. The lowest BCUT2D eigenvalue weighted by Gasteiger charge is -2.41. The first kappa shape index (κ1) is 72.4. The van der Waals surface area contributed by atoms with Crippen LogP contribution in [-0.4, -0.2) is 99.6 Å². The Morgan fingerprint density at radius 3 is 1.36 bits per heavy atom. The number of hydrogen-bond donors (Lipinski definition) is 6. The molecule has 1 rings (SSSR count). The molecule has 448 valence electrons. The Kier molecular flexibility index (Phi) is 50.7. The zero-order valence-electron chi connectivity index (χ0n) is 49.6. The third kappa shape index (κ3) is 42.0. The van der Waals surface area contributed by atoms with Gasteiger partial charge in [-0.15, -0.1) is 0 Å². The van der Waals surface area contributed by atoms with Crippen LogP contribution in [0, 0.1) is 0 Å². The molecule has 1 fully saturated rings. The fourth-order valence-corrected chi connectivity index (χ4v) is 9.81. The number of carbonyl (C=O) groups is 2. The van der Waals surface area contributed by atoms with Crippen molar-refractivity contribution in [3.8, 4) is 0 Å². The summed E-state index contributed by atoms with van der Waals surface area (Å²) in [5, 5.41) is 57.0. The molecule has 1 heterocycles. The molecule has 0 spiro atoms. The van der Waals surface area contributed by atoms with Crippen molar-refractivity contribution < 1.29 is 49.3 Å². The molecule has 0 bridgehead atoms. The van der Waals surface area contributed by atoms with Gasteiger partial charge in [0.15, 0.2) is 12.4 Å². The number of unbranched alkanes of at least 4 members (excludes halogenated alkanes) is 32. The molecule has 1 saturated heterocycles. The van der Waals surface area contributed by atoms with Gasteiger partial charge in [0.25, 0.3) is 0 Å². The van der Waals surface area contributed by atoms with Crippen LogP contribution in [0.1, 0.15) is 284 Å². The van der Waals surface area contributed by atoms with Gasteiger partial charge in [0, 0.05) is 6.42 Å². The first-order valence-electron chi connectivity index (χ1n) is 32.1. The highest BCUT2D eigenvalue weighted by molar-refractivity contribution is 5.80. The quantitative estimate of drug-likeness (QED) is 0.0195. The van der Waals surface area contributed by atoms with Gasteiger partial charge in [0.1, 0.15) is 24.4 Å². The summed E-state index contributed by atoms with van der Waals surface area (Å²) in [6.07, 6.45) is 56.9. The highest BCUT2D eigenvalue weighted by Gasteiger charge is 2.47. The Hall–Kier alpha value is -2.64. The maximum absolute atomic E-state index is 13.4. The minimum Gasteiger partial charge on any atom is -0.454 e. The number of nitrogens with one attached hydrogen (secondary N) is 1. The second kappa shape index (κ2) is 54.0. The highest BCUT2D eigenvalue weighted by atomic mass is 16.7. The molecule has 0 saturated carbocycles. The van der Waals surface area contributed by atoms with E-state index in [-0.39, 0.29) is 13.0 Å². The predicted octanol–water partition coefficient (Wildman–Crippen LogP) is 15.4. The number of aliphatic hydroxyl groups is 5. The van der Waals surface area contributed by atoms with Crippen LogP contribution in [0.5, 0.6) is 0 Å². The van der Waals surface area contributed by atoms with Crippen molar-refractivity contribution in [1.82, 2.24) is 5.32 Å². The zero-order valence-corrected chi connectivity index (χ0v) is 49.6. The summed E-state index contributed by atoms with van der Waals surface area (Å²) in [5.74, 6) is -1.22. The van der Waals surface area contributed by atoms with Gasteiger partial charge in [-0.05, 0) is 70.6 Å². The summed E-state index contributed by atoms with van der Waals surface area (Å²) >= 11 is 0. The molecule has 11 heteroatoms. The van der Waals surface area contributed by atoms with E-state index >= 15 is 0 Å². The summed E-state index contributed by atoms with van der Waals surface area (Å²) in [5.41, 5.74) is 0. The summed E-state index contributed by atoms with van der Waals surface area (Å²) in [6, 6.07) is -1.03. The topological polar surface area (TPSA) is 175 Å². The van der Waals surface area contributed by atoms with Crippen LogP contribution in [0.25, 0.3) is 0 Å². The third-order valence-corrected chi connectivity index (χ3v) is 14.9. The number of hydrogen-bond acceptors (Lipinski definition) is 10. The van der Waals surface area contributed by atoms with Gasteiger partial charge < -0.3 is 45.1 Å². The Morgan fingerprint density at radius 1 is 0.506 bits per heavy atom. The maximum atomic E-state index is 13.4. The summed E-state index contributed by atoms with van der Waals surface area (Å²) in [6.45, 7) is 5.76. The molecule has 1 aliphatic rings. The second-order valence-electron chi connectivity index (χ2n) is 22.1. The fraction of sp³-hybridized carbons (Fsp3) is 0.818. The Bertz CT molecular complexity index is 1480. The van der Waals surface area contributed by atoms with E-state index in [0.717, 1.165) is 77.0 Å². The van der Waals surface area contributed by atoms with Gasteiger partial charge in [-0.3, -0.25) is 9.59 Å². The lowest BCUT2D eigenvalue weighted by molar-refractivity contribution is -0.305. The largest absolute Gasteiger partial charge is 0.454 e. The number of rotatable bonds is 54. The predicted molar refractivity (Wildman–Crippen MR) is 320 cm³/mol. The van der Waals surface area contributed by atoms with Crippen molar-refractivity contribution in [2.75, 3.05) is 13.2 Å². The zero-order chi connectivity index (χ0) is 56.1. The Labute approximate surface area is 471 Å². The van der Waals surface area contributed by atoms with Crippen molar-refractivity contribution >= 4 is 11.9 Å². The van der Waals surface area contributed by atoms with E-state index in [2.05, 4.69) is 74.7 Å². The number of esters is 1. The van der Waals surface area contributed by atoms with Crippen molar-refractivity contribution in [3.05, 3.63) is 60.8 Å². The lowest BCUT2D eigenvalue weighted by atomic mass is 9.99. The summed E-state index contributed by atoms with van der Waals surface area (Å²) in [4.78, 5) is 26.5. The van der Waals surface area contributed by atoms with Gasteiger partial charge in [-0.2, -0.15) is 0 Å². The molecule has 77 heavy (non-hydrogen) atoms. The molecule has 0 aromatic carbocycles. The van der Waals surface area contributed by atoms with Crippen LogP contribution in [0.3, 0.4) is 0 Å². The standard InChI is InChI=1S/C66H119NO10/c1-4-7-10-13-16-19-22-24-26-28-30-32-34-36-39-42-45-48-51-54-61(71)77-64-63(73)62(72)60(55-68)76-66(64)75-56-57(58(69)52-49-46-43-40-37-21-18-15-12-9-6-3)67-65(74)59(70)53-50-47-44-41-38-35-33-31-29-27-25-23-20-17-14-11-8-5-2/h16,19,24,26,30,32,36,39,49,52,57-60,62-64,66,68-70,72-73H,4-15,17-18,20-23,25,27-29,31,33-35,37-38,40-48,50-51,53-56H2,1-3H3,(H,67,74)/b19-16-,26-24-,32-30-,39-36-,52-49+. The summed E-state index contributed by atoms with van der Waals surface area (Å²) < 4.78 is 17.6. The van der Waals surface area contributed by atoms with Crippen molar-refractivity contribution in [3.63, 3.8) is 0 Å². The van der Waals surface area contributed by atoms with Gasteiger partial charge in [0.2, 0.25) is 5.91 Å². The lowest BCUT2D eigenvalue weighted by Crippen LogP contribution is -2.61. The number of amides is 1. The van der Waals surface area contributed by atoms with Gasteiger partial charge in [0.05, 0.1) is 25.4 Å². The Morgan fingerprint density at radius 2 is 0.896 bits per heavy atom. The van der Waals surface area contributed by atoms with Crippen LogP contribution in [0.4, 0.5) is 0 Å². The molecule has 8 atom stereocenters. The highest BCUT2D eigenvalue weighted by Crippen LogP contribution is 2.26. The smallest absolute Gasteiger partial charge is 0.306 e. The molecule has 1 aliphatic heterocycles. The van der Waals surface area contributed by atoms with Crippen molar-refractivity contribution in [2.24, 2.45) is 0 Å². The molecule has 6 N–H and O–H groups in total. The first-order valence-corrected chi connectivity index (χ1v) is 32.1. The number of carbonyl (C=O) groups excluding carboxylic acids is 2. The molecular formula is C66H119NO10. The number of aliphatic hydroxyl groups excluding tert-OH is 5. The van der Waals surface area contributed by atoms with Crippen LogP contribution < -0.4 is 5.32 Å². The molecule has 0 aromatic rings. The average molecular weight is 1090 g/mol.